The molecule has 2 rings (SSSR count). The van der Waals surface area contributed by atoms with E-state index < -0.39 is 18.0 Å². The van der Waals surface area contributed by atoms with E-state index in [-0.39, 0.29) is 11.6 Å². The number of rotatable bonds is 4. The van der Waals surface area contributed by atoms with Gasteiger partial charge in [0.1, 0.15) is 5.82 Å². The molecule has 0 aliphatic rings. The predicted molar refractivity (Wildman–Crippen MR) is 84.5 cm³/mol. The molecule has 7 heteroatoms. The zero-order chi connectivity index (χ0) is 16.8. The number of amides is 2. The summed E-state index contributed by atoms with van der Waals surface area (Å²) >= 11 is 5.57. The molecule has 3 N–H and O–H groups in total. The number of anilines is 1. The van der Waals surface area contributed by atoms with Crippen molar-refractivity contribution in [1.82, 2.24) is 5.32 Å². The van der Waals surface area contributed by atoms with Crippen molar-refractivity contribution in [3.63, 3.8) is 0 Å². The van der Waals surface area contributed by atoms with Crippen molar-refractivity contribution in [1.29, 1.82) is 5.26 Å². The Labute approximate surface area is 137 Å². The number of nitriles is 1. The molecule has 0 saturated carbocycles. The van der Waals surface area contributed by atoms with Crippen molar-refractivity contribution in [2.75, 3.05) is 11.9 Å². The van der Waals surface area contributed by atoms with Gasteiger partial charge in [0, 0.05) is 12.2 Å². The Morgan fingerprint density at radius 3 is 2.83 bits per heavy atom. The monoisotopic (exact) mass is 333 g/mol. The van der Waals surface area contributed by atoms with Gasteiger partial charge in [0.2, 0.25) is 0 Å². The van der Waals surface area contributed by atoms with Crippen LogP contribution < -0.4 is 10.6 Å². The lowest BCUT2D eigenvalue weighted by atomic mass is 10.1. The second kappa shape index (κ2) is 7.58. The summed E-state index contributed by atoms with van der Waals surface area (Å²) in [6.45, 7) is -0.106. The predicted octanol–water partition coefficient (Wildman–Crippen LogP) is 3.21. The van der Waals surface area contributed by atoms with Gasteiger partial charge in [-0.15, -0.1) is 0 Å². The Morgan fingerprint density at radius 1 is 1.35 bits per heavy atom. The van der Waals surface area contributed by atoms with E-state index in [2.05, 4.69) is 10.6 Å². The highest BCUT2D eigenvalue weighted by atomic mass is 35.5. The molecule has 0 radical (unpaired) electrons. The smallest absolute Gasteiger partial charge is 0.319 e. The fraction of sp³-hybridized carbons (Fsp3) is 0.125. The fourth-order valence-corrected chi connectivity index (χ4v) is 1.99. The summed E-state index contributed by atoms with van der Waals surface area (Å²) in [5, 5.41) is 23.7. The number of aliphatic hydroxyl groups excluding tert-OH is 1. The van der Waals surface area contributed by atoms with Gasteiger partial charge < -0.3 is 15.7 Å². The van der Waals surface area contributed by atoms with Crippen LogP contribution in [0.5, 0.6) is 0 Å². The SMILES string of the molecule is N#Cc1cccc(NC(=O)NCC(O)c2ccc(Cl)c(F)c2)c1. The summed E-state index contributed by atoms with van der Waals surface area (Å²) < 4.78 is 13.3. The Kier molecular flexibility index (Phi) is 5.52. The average molecular weight is 334 g/mol. The van der Waals surface area contributed by atoms with Gasteiger partial charge in [-0.25, -0.2) is 9.18 Å². The minimum absolute atomic E-state index is 0.0379. The molecular formula is C16H13ClFN3O2. The number of nitrogens with one attached hydrogen (secondary N) is 2. The number of urea groups is 1. The minimum atomic E-state index is -1.07. The number of hydrogen-bond donors (Lipinski definition) is 3. The van der Waals surface area contributed by atoms with Gasteiger partial charge in [-0.1, -0.05) is 23.7 Å². The molecule has 1 atom stereocenters. The van der Waals surface area contributed by atoms with Gasteiger partial charge in [0.05, 0.1) is 22.8 Å². The normalized spacial score (nSPS) is 11.4. The number of carbonyl (C=O) groups excluding carboxylic acids is 1. The third kappa shape index (κ3) is 4.68. The molecule has 0 heterocycles. The lowest BCUT2D eigenvalue weighted by Gasteiger charge is -2.13. The van der Waals surface area contributed by atoms with Crippen molar-refractivity contribution in [3.8, 4) is 6.07 Å². The van der Waals surface area contributed by atoms with Crippen LogP contribution >= 0.6 is 11.6 Å². The Hall–Kier alpha value is -2.62. The molecular weight excluding hydrogens is 321 g/mol. The summed E-state index contributed by atoms with van der Waals surface area (Å²) in [7, 11) is 0. The molecule has 0 fully saturated rings. The molecule has 0 saturated heterocycles. The van der Waals surface area contributed by atoms with E-state index in [4.69, 9.17) is 16.9 Å². The van der Waals surface area contributed by atoms with E-state index in [0.29, 0.717) is 16.8 Å². The largest absolute Gasteiger partial charge is 0.387 e. The van der Waals surface area contributed by atoms with E-state index in [1.807, 2.05) is 6.07 Å². The first-order valence-electron chi connectivity index (χ1n) is 6.67. The summed E-state index contributed by atoms with van der Waals surface area (Å²) in [4.78, 5) is 11.8. The Bertz CT molecular complexity index is 761. The molecule has 2 amide bonds. The van der Waals surface area contributed by atoms with Gasteiger partial charge in [0.15, 0.2) is 0 Å². The summed E-state index contributed by atoms with van der Waals surface area (Å²) in [6.07, 6.45) is -1.07. The number of aliphatic hydroxyl groups is 1. The molecule has 0 aliphatic carbocycles. The third-order valence-corrected chi connectivity index (χ3v) is 3.34. The van der Waals surface area contributed by atoms with Gasteiger partial charge in [-0.3, -0.25) is 0 Å². The van der Waals surface area contributed by atoms with E-state index >= 15 is 0 Å². The van der Waals surface area contributed by atoms with Crippen molar-refractivity contribution >= 4 is 23.3 Å². The molecule has 1 unspecified atom stereocenters. The second-order valence-electron chi connectivity index (χ2n) is 4.72. The highest BCUT2D eigenvalue weighted by molar-refractivity contribution is 6.30. The van der Waals surface area contributed by atoms with E-state index in [0.717, 1.165) is 6.07 Å². The molecule has 0 spiro atoms. The van der Waals surface area contributed by atoms with Crippen LogP contribution in [0.4, 0.5) is 14.9 Å². The molecule has 0 aromatic heterocycles. The Balaban J connectivity index is 1.90. The van der Waals surface area contributed by atoms with Crippen LogP contribution in [-0.4, -0.2) is 17.7 Å². The van der Waals surface area contributed by atoms with Gasteiger partial charge in [-0.05, 0) is 35.9 Å². The van der Waals surface area contributed by atoms with Crippen LogP contribution in [-0.2, 0) is 0 Å². The van der Waals surface area contributed by atoms with Crippen LogP contribution in [0.1, 0.15) is 17.2 Å². The van der Waals surface area contributed by atoms with E-state index in [9.17, 15) is 14.3 Å². The highest BCUT2D eigenvalue weighted by Gasteiger charge is 2.12. The number of benzene rings is 2. The molecule has 2 aromatic carbocycles. The van der Waals surface area contributed by atoms with Gasteiger partial charge in [-0.2, -0.15) is 5.26 Å². The van der Waals surface area contributed by atoms with Crippen molar-refractivity contribution in [3.05, 3.63) is 64.4 Å². The summed E-state index contributed by atoms with van der Waals surface area (Å²) in [5.41, 5.74) is 1.17. The topological polar surface area (TPSA) is 85.2 Å². The lowest BCUT2D eigenvalue weighted by molar-refractivity contribution is 0.174. The third-order valence-electron chi connectivity index (χ3n) is 3.03. The standard InChI is InChI=1S/C16H13ClFN3O2/c17-13-5-4-11(7-14(13)18)15(22)9-20-16(23)21-12-3-1-2-10(6-12)8-19/h1-7,15,22H,9H2,(H2,20,21,23). The number of nitrogens with zero attached hydrogens (tertiary/aromatic N) is 1. The number of hydrogen-bond acceptors (Lipinski definition) is 3. The molecule has 0 bridgehead atoms. The second-order valence-corrected chi connectivity index (χ2v) is 5.12. The van der Waals surface area contributed by atoms with Crippen molar-refractivity contribution in [2.45, 2.75) is 6.10 Å². The molecule has 2 aromatic rings. The minimum Gasteiger partial charge on any atom is -0.387 e. The van der Waals surface area contributed by atoms with Crippen LogP contribution in [0.25, 0.3) is 0 Å². The molecule has 0 aliphatic heterocycles. The highest BCUT2D eigenvalue weighted by Crippen LogP contribution is 2.20. The summed E-state index contributed by atoms with van der Waals surface area (Å²) in [6, 6.07) is 11.7. The molecule has 5 nitrogen and oxygen atoms in total. The first kappa shape index (κ1) is 16.7. The van der Waals surface area contributed by atoms with E-state index in [1.165, 1.54) is 18.2 Å². The summed E-state index contributed by atoms with van der Waals surface area (Å²) in [5.74, 6) is -0.638. The number of carbonyl (C=O) groups is 1. The van der Waals surface area contributed by atoms with Crippen molar-refractivity contribution in [2.24, 2.45) is 0 Å². The van der Waals surface area contributed by atoms with Crippen LogP contribution in [0.3, 0.4) is 0 Å². The van der Waals surface area contributed by atoms with Crippen LogP contribution in [0.2, 0.25) is 5.02 Å². The maximum absolute atomic E-state index is 13.3. The zero-order valence-corrected chi connectivity index (χ0v) is 12.6. The number of halogens is 2. The van der Waals surface area contributed by atoms with E-state index in [1.54, 1.807) is 18.2 Å². The first-order valence-corrected chi connectivity index (χ1v) is 7.05. The Morgan fingerprint density at radius 2 is 2.13 bits per heavy atom. The van der Waals surface area contributed by atoms with Crippen molar-refractivity contribution < 1.29 is 14.3 Å². The average Bonchev–Trinajstić information content (AvgIpc) is 2.55. The van der Waals surface area contributed by atoms with Gasteiger partial charge >= 0.3 is 6.03 Å². The molecule has 23 heavy (non-hydrogen) atoms. The fourth-order valence-electron chi connectivity index (χ4n) is 1.87. The maximum Gasteiger partial charge on any atom is 0.319 e. The quantitative estimate of drug-likeness (QED) is 0.803. The maximum atomic E-state index is 13.3. The molecule has 118 valence electrons. The van der Waals surface area contributed by atoms with Gasteiger partial charge in [0.25, 0.3) is 0 Å². The zero-order valence-electron chi connectivity index (χ0n) is 11.9. The lowest BCUT2D eigenvalue weighted by Crippen LogP contribution is -2.32. The van der Waals surface area contributed by atoms with Crippen LogP contribution in [0, 0.1) is 17.1 Å². The first-order chi connectivity index (χ1) is 11.0. The van der Waals surface area contributed by atoms with Crippen LogP contribution in [0.15, 0.2) is 42.5 Å².